The molecule has 1 aliphatic heterocycles. The van der Waals surface area contributed by atoms with Crippen molar-refractivity contribution in [3.63, 3.8) is 0 Å². The van der Waals surface area contributed by atoms with Crippen LogP contribution in [0.1, 0.15) is 54.1 Å². The van der Waals surface area contributed by atoms with Gasteiger partial charge < -0.3 is 19.6 Å². The summed E-state index contributed by atoms with van der Waals surface area (Å²) in [6.07, 6.45) is -5.19. The van der Waals surface area contributed by atoms with Crippen molar-refractivity contribution in [2.75, 3.05) is 52.2 Å². The van der Waals surface area contributed by atoms with Crippen LogP contribution in [-0.2, 0) is 25.4 Å². The van der Waals surface area contributed by atoms with Gasteiger partial charge in [-0.05, 0) is 114 Å². The summed E-state index contributed by atoms with van der Waals surface area (Å²) < 4.78 is 80.0. The smallest absolute Gasteiger partial charge is 0.354 e. The molecule has 7 rings (SSSR count). The minimum Gasteiger partial charge on any atom is -0.354 e. The zero-order valence-corrected chi connectivity index (χ0v) is 37.7. The fourth-order valence-corrected chi connectivity index (χ4v) is 8.08. The summed E-state index contributed by atoms with van der Waals surface area (Å²) in [6.45, 7) is 7.07. The molecule has 3 heterocycles. The van der Waals surface area contributed by atoms with Crippen molar-refractivity contribution in [2.45, 2.75) is 39.3 Å². The standard InChI is InChI=1S/C28H28F6N4O.C21H18Cl2N2O/c1-18-6-4-5-7-22(18)23-15-25(38-10-8-36(2)9-11-38)35-16-24(23)26(39)37(3)17-19-12-20(27(29,30)31)14-21(13-19)28(32,33)34;1-14-5-3-4-6-18(14)19-7-8-24-12-20(19)21(26)25(2)13-15-9-16(22)11-17(23)10-15/h4-7,12-16H,8-11,17H2,1-3H3;3-12H,13H2,1-2H3. The lowest BCUT2D eigenvalue weighted by atomic mass is 9.96. The molecule has 65 heavy (non-hydrogen) atoms. The third-order valence-corrected chi connectivity index (χ3v) is 11.4. The van der Waals surface area contributed by atoms with Crippen LogP contribution in [0.5, 0.6) is 0 Å². The number of alkyl halides is 6. The van der Waals surface area contributed by atoms with Crippen molar-refractivity contribution < 1.29 is 35.9 Å². The van der Waals surface area contributed by atoms with Crippen LogP contribution in [0.4, 0.5) is 32.2 Å². The third kappa shape index (κ3) is 12.2. The molecule has 0 atom stereocenters. The molecule has 0 bridgehead atoms. The van der Waals surface area contributed by atoms with Crippen LogP contribution < -0.4 is 4.90 Å². The summed E-state index contributed by atoms with van der Waals surface area (Å²) in [4.78, 5) is 42.3. The van der Waals surface area contributed by atoms with E-state index in [1.54, 1.807) is 30.4 Å². The molecule has 1 fully saturated rings. The highest BCUT2D eigenvalue weighted by molar-refractivity contribution is 6.34. The number of halogens is 8. The van der Waals surface area contributed by atoms with E-state index < -0.39 is 35.9 Å². The number of likely N-dealkylation sites (N-methyl/N-ethyl adjacent to an activating group) is 1. The van der Waals surface area contributed by atoms with E-state index in [0.29, 0.717) is 45.7 Å². The van der Waals surface area contributed by atoms with E-state index >= 15 is 0 Å². The topological polar surface area (TPSA) is 72.9 Å². The number of carbonyl (C=O) groups is 2. The number of rotatable bonds is 9. The first-order valence-electron chi connectivity index (χ1n) is 20.4. The molecule has 340 valence electrons. The van der Waals surface area contributed by atoms with E-state index in [9.17, 15) is 35.9 Å². The Morgan fingerprint density at radius 3 is 1.60 bits per heavy atom. The van der Waals surface area contributed by atoms with Crippen molar-refractivity contribution in [3.8, 4) is 22.3 Å². The predicted molar refractivity (Wildman–Crippen MR) is 243 cm³/mol. The molecule has 2 amide bonds. The molecule has 0 N–H and O–H groups in total. The molecule has 0 unspecified atom stereocenters. The number of benzene rings is 4. The van der Waals surface area contributed by atoms with Crippen molar-refractivity contribution >= 4 is 40.8 Å². The second-order valence-electron chi connectivity index (χ2n) is 15.9. The molecular weight excluding hydrogens is 889 g/mol. The molecule has 0 aliphatic carbocycles. The Labute approximate surface area is 384 Å². The maximum Gasteiger partial charge on any atom is 0.416 e. The second-order valence-corrected chi connectivity index (χ2v) is 16.8. The lowest BCUT2D eigenvalue weighted by molar-refractivity contribution is -0.143. The van der Waals surface area contributed by atoms with Crippen LogP contribution in [0.3, 0.4) is 0 Å². The van der Waals surface area contributed by atoms with Gasteiger partial charge in [-0.15, -0.1) is 0 Å². The van der Waals surface area contributed by atoms with Crippen LogP contribution in [0.25, 0.3) is 22.3 Å². The van der Waals surface area contributed by atoms with Crippen molar-refractivity contribution in [1.82, 2.24) is 24.7 Å². The van der Waals surface area contributed by atoms with Crippen molar-refractivity contribution in [3.05, 3.63) is 170 Å². The van der Waals surface area contributed by atoms with Gasteiger partial charge in [-0.3, -0.25) is 14.6 Å². The molecule has 0 spiro atoms. The van der Waals surface area contributed by atoms with Crippen LogP contribution in [0.2, 0.25) is 10.0 Å². The van der Waals surface area contributed by atoms with Crippen molar-refractivity contribution in [1.29, 1.82) is 0 Å². The molecule has 4 aromatic carbocycles. The summed E-state index contributed by atoms with van der Waals surface area (Å²) in [5.74, 6) is 0.0114. The highest BCUT2D eigenvalue weighted by Gasteiger charge is 2.37. The lowest BCUT2D eigenvalue weighted by Crippen LogP contribution is -2.44. The summed E-state index contributed by atoms with van der Waals surface area (Å²) in [6, 6.07) is 25.8. The molecule has 1 saturated heterocycles. The third-order valence-electron chi connectivity index (χ3n) is 11.0. The monoisotopic (exact) mass is 934 g/mol. The number of carbonyl (C=O) groups excluding carboxylic acids is 2. The summed E-state index contributed by atoms with van der Waals surface area (Å²) >= 11 is 12.1. The van der Waals surface area contributed by atoms with Gasteiger partial charge in [-0.2, -0.15) is 26.3 Å². The number of hydrogen-bond acceptors (Lipinski definition) is 6. The van der Waals surface area contributed by atoms with Gasteiger partial charge in [-0.1, -0.05) is 71.7 Å². The Morgan fingerprint density at radius 1 is 0.615 bits per heavy atom. The normalized spacial score (nSPS) is 13.2. The highest BCUT2D eigenvalue weighted by Crippen LogP contribution is 2.37. The number of hydrogen-bond donors (Lipinski definition) is 0. The zero-order chi connectivity index (χ0) is 47.2. The van der Waals surface area contributed by atoms with E-state index in [-0.39, 0.29) is 23.1 Å². The Kier molecular flexibility index (Phi) is 15.3. The quantitative estimate of drug-likeness (QED) is 0.135. The average Bonchev–Trinajstić information content (AvgIpc) is 3.25. The van der Waals surface area contributed by atoms with Gasteiger partial charge in [0.2, 0.25) is 0 Å². The van der Waals surface area contributed by atoms with E-state index in [1.165, 1.54) is 13.2 Å². The molecule has 1 aliphatic rings. The van der Waals surface area contributed by atoms with Crippen LogP contribution >= 0.6 is 23.2 Å². The second kappa shape index (κ2) is 20.5. The summed E-state index contributed by atoms with van der Waals surface area (Å²) in [5, 5.41) is 1.10. The predicted octanol–water partition coefficient (Wildman–Crippen LogP) is 11.8. The van der Waals surface area contributed by atoms with Crippen LogP contribution in [-0.4, -0.2) is 83.8 Å². The average molecular weight is 936 g/mol. The van der Waals surface area contributed by atoms with E-state index in [2.05, 4.69) is 19.8 Å². The maximum atomic E-state index is 13.6. The Balaban J connectivity index is 0.000000233. The van der Waals surface area contributed by atoms with Crippen molar-refractivity contribution in [2.24, 2.45) is 0 Å². The van der Waals surface area contributed by atoms with Gasteiger partial charge in [0.05, 0.1) is 22.3 Å². The van der Waals surface area contributed by atoms with Gasteiger partial charge in [0.15, 0.2) is 0 Å². The van der Waals surface area contributed by atoms with E-state index in [0.717, 1.165) is 64.5 Å². The molecule has 16 heteroatoms. The van der Waals surface area contributed by atoms with Gasteiger partial charge in [-0.25, -0.2) is 4.98 Å². The number of amides is 2. The fraction of sp³-hybridized carbons (Fsp3) is 0.265. The minimum absolute atomic E-state index is 0.0720. The largest absolute Gasteiger partial charge is 0.416 e. The highest BCUT2D eigenvalue weighted by atomic mass is 35.5. The molecule has 6 aromatic rings. The summed E-state index contributed by atoms with van der Waals surface area (Å²) in [5.41, 5.74) is 3.79. The van der Waals surface area contributed by atoms with E-state index in [4.69, 9.17) is 23.2 Å². The molecule has 2 aromatic heterocycles. The first-order valence-corrected chi connectivity index (χ1v) is 21.2. The van der Waals surface area contributed by atoms with E-state index in [1.807, 2.05) is 93.7 Å². The molecule has 0 radical (unpaired) electrons. The number of anilines is 1. The first kappa shape index (κ1) is 48.5. The first-order chi connectivity index (χ1) is 30.7. The maximum absolute atomic E-state index is 13.6. The Morgan fingerprint density at radius 2 is 1.09 bits per heavy atom. The molecule has 0 saturated carbocycles. The Hall–Kier alpha value is -5.96. The van der Waals surface area contributed by atoms with Gasteiger partial charge in [0.25, 0.3) is 11.8 Å². The zero-order valence-electron chi connectivity index (χ0n) is 36.2. The van der Waals surface area contributed by atoms with Crippen LogP contribution in [0, 0.1) is 13.8 Å². The van der Waals surface area contributed by atoms with Crippen LogP contribution in [0.15, 0.2) is 116 Å². The Bertz CT molecular complexity index is 2620. The van der Waals surface area contributed by atoms with Gasteiger partial charge >= 0.3 is 12.4 Å². The minimum atomic E-state index is -4.97. The molecule has 8 nitrogen and oxygen atoms in total. The van der Waals surface area contributed by atoms with Gasteiger partial charge in [0, 0.05) is 82.0 Å². The van der Waals surface area contributed by atoms with Gasteiger partial charge in [0.1, 0.15) is 5.82 Å². The lowest BCUT2D eigenvalue weighted by Gasteiger charge is -2.33. The molecular formula is C49H46Cl2F6N6O2. The number of nitrogens with zero attached hydrogens (tertiary/aromatic N) is 6. The number of piperazine rings is 1. The SMILES string of the molecule is Cc1ccccc1-c1cc(N2CCN(C)CC2)ncc1C(=O)N(C)Cc1cc(C(F)(F)F)cc(C(F)(F)F)c1.Cc1ccccc1-c1ccncc1C(=O)N(C)Cc1cc(Cl)cc(Cl)c1. The fourth-order valence-electron chi connectivity index (χ4n) is 7.51. The number of aromatic nitrogens is 2. The summed E-state index contributed by atoms with van der Waals surface area (Å²) in [7, 11) is 5.13. The number of aryl methyl sites for hydroxylation is 2. The number of pyridine rings is 2.